The smallest absolute Gasteiger partial charge is 0.0852 e. The van der Waals surface area contributed by atoms with E-state index in [1.807, 2.05) is 10.9 Å². The molecule has 8 heteroatoms. The predicted molar refractivity (Wildman–Crippen MR) is 92.0 cm³/mol. The molecule has 8 nitrogen and oxygen atoms in total. The van der Waals surface area contributed by atoms with E-state index in [-0.39, 0.29) is 0 Å². The highest BCUT2D eigenvalue weighted by Crippen LogP contribution is 2.11. The fourth-order valence-corrected chi connectivity index (χ4v) is 1.94. The zero-order chi connectivity index (χ0) is 17.9. The van der Waals surface area contributed by atoms with Gasteiger partial charge in [-0.05, 0) is 11.8 Å². The Labute approximate surface area is 144 Å². The monoisotopic (exact) mass is 338 g/mol. The lowest BCUT2D eigenvalue weighted by molar-refractivity contribution is 0.181. The predicted octanol–water partition coefficient (Wildman–Crippen LogP) is 2.10. The van der Waals surface area contributed by atoms with Crippen LogP contribution in [0.1, 0.15) is 50.9 Å². The molecule has 0 saturated heterocycles. The van der Waals surface area contributed by atoms with Gasteiger partial charge in [-0.15, -0.1) is 10.2 Å². The SMILES string of the molecule is COCCn1cc(C(C)C)nn1.COCCn1nncc1C(C)C. The number of hydrogen-bond donors (Lipinski definition) is 0. The summed E-state index contributed by atoms with van der Waals surface area (Å²) in [5, 5.41) is 15.8. The van der Waals surface area contributed by atoms with Gasteiger partial charge in [0.25, 0.3) is 0 Å². The summed E-state index contributed by atoms with van der Waals surface area (Å²) in [5.74, 6) is 0.915. The Morgan fingerprint density at radius 3 is 2.17 bits per heavy atom. The van der Waals surface area contributed by atoms with Crippen LogP contribution in [0.2, 0.25) is 0 Å². The van der Waals surface area contributed by atoms with Crippen LogP contribution < -0.4 is 0 Å². The van der Waals surface area contributed by atoms with Crippen LogP contribution in [0, 0.1) is 0 Å². The van der Waals surface area contributed by atoms with Crippen molar-refractivity contribution in [2.75, 3.05) is 27.4 Å². The van der Waals surface area contributed by atoms with Gasteiger partial charge >= 0.3 is 0 Å². The molecule has 2 rings (SSSR count). The molecule has 0 aliphatic rings. The first-order chi connectivity index (χ1) is 11.5. The van der Waals surface area contributed by atoms with Crippen molar-refractivity contribution in [1.82, 2.24) is 30.0 Å². The van der Waals surface area contributed by atoms with E-state index in [4.69, 9.17) is 9.47 Å². The lowest BCUT2D eigenvalue weighted by atomic mass is 10.1. The van der Waals surface area contributed by atoms with Gasteiger partial charge in [-0.3, -0.25) is 0 Å². The average molecular weight is 338 g/mol. The third-order valence-electron chi connectivity index (χ3n) is 3.42. The molecule has 24 heavy (non-hydrogen) atoms. The van der Waals surface area contributed by atoms with Crippen molar-refractivity contribution in [3.8, 4) is 0 Å². The van der Waals surface area contributed by atoms with Gasteiger partial charge in [-0.2, -0.15) is 0 Å². The minimum atomic E-state index is 0.446. The van der Waals surface area contributed by atoms with Crippen LogP contribution in [-0.4, -0.2) is 57.4 Å². The summed E-state index contributed by atoms with van der Waals surface area (Å²) in [6.45, 7) is 11.4. The highest BCUT2D eigenvalue weighted by Gasteiger charge is 2.06. The molecule has 0 radical (unpaired) electrons. The topological polar surface area (TPSA) is 79.9 Å². The van der Waals surface area contributed by atoms with Crippen LogP contribution >= 0.6 is 0 Å². The molecule has 0 aliphatic heterocycles. The molecule has 0 atom stereocenters. The number of rotatable bonds is 8. The molecule has 0 N–H and O–H groups in total. The lowest BCUT2D eigenvalue weighted by Gasteiger charge is -2.07. The number of aromatic nitrogens is 6. The molecule has 0 saturated carbocycles. The summed E-state index contributed by atoms with van der Waals surface area (Å²) in [6, 6.07) is 0. The number of methoxy groups -OCH3 is 2. The van der Waals surface area contributed by atoms with E-state index in [2.05, 4.69) is 48.3 Å². The molecule has 0 aromatic carbocycles. The molecular weight excluding hydrogens is 308 g/mol. The van der Waals surface area contributed by atoms with Gasteiger partial charge in [0, 0.05) is 20.4 Å². The molecule has 0 amide bonds. The number of ether oxygens (including phenoxy) is 2. The van der Waals surface area contributed by atoms with E-state index in [9.17, 15) is 0 Å². The molecule has 0 aliphatic carbocycles. The van der Waals surface area contributed by atoms with Gasteiger partial charge in [0.2, 0.25) is 0 Å². The standard InChI is InChI=1S/2C8H15N3O/c1-7(2)8-6-11(10-9-8)4-5-12-3;1-7(2)8-6-9-10-11(8)4-5-12-3/h2*6-7H,4-5H2,1-3H3. The zero-order valence-corrected chi connectivity index (χ0v) is 15.6. The van der Waals surface area contributed by atoms with E-state index >= 15 is 0 Å². The molecular formula is C16H30N6O2. The number of nitrogens with zero attached hydrogens (tertiary/aromatic N) is 6. The van der Waals surface area contributed by atoms with Gasteiger partial charge in [0.05, 0.1) is 43.9 Å². The maximum atomic E-state index is 4.96. The van der Waals surface area contributed by atoms with Crippen LogP contribution in [-0.2, 0) is 22.6 Å². The number of hydrogen-bond acceptors (Lipinski definition) is 6. The van der Waals surface area contributed by atoms with Crippen LogP contribution in [0.5, 0.6) is 0 Å². The minimum Gasteiger partial charge on any atom is -0.383 e. The van der Waals surface area contributed by atoms with Crippen molar-refractivity contribution < 1.29 is 9.47 Å². The normalized spacial score (nSPS) is 11.0. The summed E-state index contributed by atoms with van der Waals surface area (Å²) in [4.78, 5) is 0. The molecule has 2 aromatic heterocycles. The van der Waals surface area contributed by atoms with Gasteiger partial charge in [-0.25, -0.2) is 9.36 Å². The quantitative estimate of drug-likeness (QED) is 0.733. The van der Waals surface area contributed by atoms with Crippen molar-refractivity contribution >= 4 is 0 Å². The summed E-state index contributed by atoms with van der Waals surface area (Å²) < 4.78 is 13.6. The van der Waals surface area contributed by atoms with E-state index in [1.165, 1.54) is 0 Å². The summed E-state index contributed by atoms with van der Waals surface area (Å²) in [7, 11) is 3.37. The maximum absolute atomic E-state index is 4.96. The Bertz CT molecular complexity index is 564. The van der Waals surface area contributed by atoms with Crippen molar-refractivity contribution in [3.63, 3.8) is 0 Å². The largest absolute Gasteiger partial charge is 0.383 e. The second kappa shape index (κ2) is 10.9. The van der Waals surface area contributed by atoms with E-state index < -0.39 is 0 Å². The van der Waals surface area contributed by atoms with E-state index in [1.54, 1.807) is 25.1 Å². The van der Waals surface area contributed by atoms with Crippen molar-refractivity contribution in [1.29, 1.82) is 0 Å². The summed E-state index contributed by atoms with van der Waals surface area (Å²) in [6.07, 6.45) is 3.77. The second-order valence-electron chi connectivity index (χ2n) is 6.08. The van der Waals surface area contributed by atoms with Gasteiger partial charge in [0.1, 0.15) is 0 Å². The molecule has 0 spiro atoms. The Morgan fingerprint density at radius 2 is 1.62 bits per heavy atom. The van der Waals surface area contributed by atoms with Crippen molar-refractivity contribution in [2.45, 2.75) is 52.6 Å². The molecule has 0 fully saturated rings. The molecule has 136 valence electrons. The van der Waals surface area contributed by atoms with Crippen molar-refractivity contribution in [3.05, 3.63) is 23.8 Å². The van der Waals surface area contributed by atoms with E-state index in [0.717, 1.165) is 24.5 Å². The summed E-state index contributed by atoms with van der Waals surface area (Å²) >= 11 is 0. The van der Waals surface area contributed by atoms with Crippen LogP contribution in [0.15, 0.2) is 12.4 Å². The van der Waals surface area contributed by atoms with Crippen LogP contribution in [0.25, 0.3) is 0 Å². The first-order valence-corrected chi connectivity index (χ1v) is 8.25. The molecule has 0 bridgehead atoms. The van der Waals surface area contributed by atoms with Gasteiger partial charge in [0.15, 0.2) is 0 Å². The third kappa shape index (κ3) is 6.76. The Balaban J connectivity index is 0.000000240. The Morgan fingerprint density at radius 1 is 0.958 bits per heavy atom. The fourth-order valence-electron chi connectivity index (χ4n) is 1.94. The Kier molecular flexibility index (Phi) is 9.18. The zero-order valence-electron chi connectivity index (χ0n) is 15.6. The lowest BCUT2D eigenvalue weighted by Crippen LogP contribution is -2.10. The molecule has 2 aromatic rings. The first kappa shape index (κ1) is 20.2. The van der Waals surface area contributed by atoms with Crippen LogP contribution in [0.4, 0.5) is 0 Å². The summed E-state index contributed by atoms with van der Waals surface area (Å²) in [5.41, 5.74) is 2.19. The highest BCUT2D eigenvalue weighted by molar-refractivity contribution is 4.99. The second-order valence-corrected chi connectivity index (χ2v) is 6.08. The third-order valence-corrected chi connectivity index (χ3v) is 3.42. The first-order valence-electron chi connectivity index (χ1n) is 8.25. The fraction of sp³-hybridized carbons (Fsp3) is 0.750. The minimum absolute atomic E-state index is 0.446. The van der Waals surface area contributed by atoms with Gasteiger partial charge in [-0.1, -0.05) is 38.1 Å². The highest BCUT2D eigenvalue weighted by atomic mass is 16.5. The van der Waals surface area contributed by atoms with Crippen molar-refractivity contribution in [2.24, 2.45) is 0 Å². The van der Waals surface area contributed by atoms with Gasteiger partial charge < -0.3 is 9.47 Å². The van der Waals surface area contributed by atoms with E-state index in [0.29, 0.717) is 25.0 Å². The Hall–Kier alpha value is -1.80. The molecule has 2 heterocycles. The molecule has 0 unspecified atom stereocenters. The van der Waals surface area contributed by atoms with Crippen LogP contribution in [0.3, 0.4) is 0 Å². The average Bonchev–Trinajstić information content (AvgIpc) is 3.20. The maximum Gasteiger partial charge on any atom is 0.0852 e.